The molecular formula is C13H21N3O3S. The van der Waals surface area contributed by atoms with Gasteiger partial charge in [0.2, 0.25) is 0 Å². The number of carbonyl (C=O) groups is 2. The van der Waals surface area contributed by atoms with Gasteiger partial charge in [-0.25, -0.2) is 4.79 Å². The zero-order valence-electron chi connectivity index (χ0n) is 12.0. The van der Waals surface area contributed by atoms with Crippen molar-refractivity contribution in [3.63, 3.8) is 0 Å². The van der Waals surface area contributed by atoms with E-state index in [4.69, 9.17) is 10.5 Å². The average Bonchev–Trinajstić information content (AvgIpc) is 2.75. The minimum Gasteiger partial charge on any atom is -0.462 e. The van der Waals surface area contributed by atoms with Gasteiger partial charge < -0.3 is 21.1 Å². The van der Waals surface area contributed by atoms with E-state index in [1.807, 2.05) is 0 Å². The molecule has 20 heavy (non-hydrogen) atoms. The van der Waals surface area contributed by atoms with Crippen LogP contribution in [0.4, 0.5) is 10.7 Å². The Hall–Kier alpha value is -1.76. The number of hydrogen-bond donors (Lipinski definition) is 3. The van der Waals surface area contributed by atoms with E-state index in [1.54, 1.807) is 6.92 Å². The van der Waals surface area contributed by atoms with Crippen molar-refractivity contribution in [2.24, 2.45) is 0 Å². The van der Waals surface area contributed by atoms with Crippen LogP contribution >= 0.6 is 11.3 Å². The Morgan fingerprint density at radius 2 is 2.05 bits per heavy atom. The lowest BCUT2D eigenvalue weighted by atomic mass is 10.2. The van der Waals surface area contributed by atoms with Gasteiger partial charge in [0.15, 0.2) is 0 Å². The molecule has 0 aromatic carbocycles. The van der Waals surface area contributed by atoms with Crippen LogP contribution in [-0.2, 0) is 4.74 Å². The van der Waals surface area contributed by atoms with Gasteiger partial charge in [-0.05, 0) is 13.3 Å². The maximum Gasteiger partial charge on any atom is 0.350 e. The topological polar surface area (TPSA) is 93.4 Å². The third-order valence-electron chi connectivity index (χ3n) is 2.68. The van der Waals surface area contributed by atoms with E-state index in [-0.39, 0.29) is 23.1 Å². The molecule has 0 unspecified atom stereocenters. The van der Waals surface area contributed by atoms with E-state index >= 15 is 0 Å². The highest BCUT2D eigenvalue weighted by molar-refractivity contribution is 7.19. The quantitative estimate of drug-likeness (QED) is 0.529. The fourth-order valence-corrected chi connectivity index (χ4v) is 2.68. The standard InChI is InChI=1S/C13H21N3O3S/c1-4-6-7-16-12-8(11(17)15-3)9(14)10(20-12)13(18)19-5-2/h16H,4-7,14H2,1-3H3,(H,15,17). The molecule has 112 valence electrons. The van der Waals surface area contributed by atoms with Crippen molar-refractivity contribution in [2.75, 3.05) is 31.2 Å². The molecule has 1 rings (SSSR count). The fourth-order valence-electron chi connectivity index (χ4n) is 1.65. The Kier molecular flexibility index (Phi) is 6.30. The lowest BCUT2D eigenvalue weighted by Gasteiger charge is -2.06. The predicted octanol–water partition coefficient (Wildman–Crippen LogP) is 2.08. The monoisotopic (exact) mass is 299 g/mol. The van der Waals surface area contributed by atoms with Crippen molar-refractivity contribution in [3.05, 3.63) is 10.4 Å². The summed E-state index contributed by atoms with van der Waals surface area (Å²) in [6.07, 6.45) is 2.01. The number of ether oxygens (including phenoxy) is 1. The van der Waals surface area contributed by atoms with Gasteiger partial charge in [-0.2, -0.15) is 0 Å². The Bertz CT molecular complexity index is 485. The minimum absolute atomic E-state index is 0.173. The van der Waals surface area contributed by atoms with Crippen molar-refractivity contribution in [1.82, 2.24) is 5.32 Å². The highest BCUT2D eigenvalue weighted by Crippen LogP contribution is 2.36. The lowest BCUT2D eigenvalue weighted by Crippen LogP contribution is -2.20. The number of hydrogen-bond acceptors (Lipinski definition) is 6. The van der Waals surface area contributed by atoms with Crippen LogP contribution < -0.4 is 16.4 Å². The molecule has 0 saturated heterocycles. The van der Waals surface area contributed by atoms with Crippen molar-refractivity contribution < 1.29 is 14.3 Å². The summed E-state index contributed by atoms with van der Waals surface area (Å²) in [5.41, 5.74) is 6.41. The molecule has 1 aromatic rings. The number of rotatable bonds is 7. The smallest absolute Gasteiger partial charge is 0.350 e. The van der Waals surface area contributed by atoms with Crippen LogP contribution in [-0.4, -0.2) is 32.1 Å². The molecule has 0 atom stereocenters. The summed E-state index contributed by atoms with van der Waals surface area (Å²) in [7, 11) is 1.53. The number of anilines is 2. The van der Waals surface area contributed by atoms with Crippen LogP contribution in [0.3, 0.4) is 0 Å². The molecule has 1 aromatic heterocycles. The molecule has 0 aliphatic heterocycles. The molecule has 4 N–H and O–H groups in total. The molecular weight excluding hydrogens is 278 g/mol. The first-order valence-corrected chi connectivity index (χ1v) is 7.43. The highest BCUT2D eigenvalue weighted by atomic mass is 32.1. The Labute approximate surface area is 122 Å². The summed E-state index contributed by atoms with van der Waals surface area (Å²) in [5.74, 6) is -0.808. The normalized spacial score (nSPS) is 10.2. The number of amides is 1. The van der Waals surface area contributed by atoms with Crippen molar-refractivity contribution in [3.8, 4) is 0 Å². The number of nitrogens with two attached hydrogens (primary N) is 1. The molecule has 0 spiro atoms. The van der Waals surface area contributed by atoms with E-state index in [0.29, 0.717) is 10.6 Å². The molecule has 0 radical (unpaired) electrons. The van der Waals surface area contributed by atoms with Crippen LogP contribution in [0.2, 0.25) is 0 Å². The summed E-state index contributed by atoms with van der Waals surface area (Å²) < 4.78 is 4.95. The van der Waals surface area contributed by atoms with Gasteiger partial charge in [0.25, 0.3) is 5.91 Å². The first kappa shape index (κ1) is 16.3. The summed E-state index contributed by atoms with van der Waals surface area (Å²) >= 11 is 1.16. The summed E-state index contributed by atoms with van der Waals surface area (Å²) in [6, 6.07) is 0. The maximum absolute atomic E-state index is 11.9. The van der Waals surface area contributed by atoms with Gasteiger partial charge in [0.1, 0.15) is 9.88 Å². The molecule has 6 nitrogen and oxygen atoms in total. The fraction of sp³-hybridized carbons (Fsp3) is 0.538. The van der Waals surface area contributed by atoms with Crippen molar-refractivity contribution in [1.29, 1.82) is 0 Å². The number of carbonyl (C=O) groups excluding carboxylic acids is 2. The third kappa shape index (κ3) is 3.63. The van der Waals surface area contributed by atoms with Gasteiger partial charge in [-0.15, -0.1) is 11.3 Å². The van der Waals surface area contributed by atoms with Gasteiger partial charge >= 0.3 is 5.97 Å². The van der Waals surface area contributed by atoms with Crippen LogP contribution in [0.25, 0.3) is 0 Å². The molecule has 0 aliphatic carbocycles. The summed E-state index contributed by atoms with van der Waals surface area (Å²) in [4.78, 5) is 24.0. The SMILES string of the molecule is CCCCNc1sc(C(=O)OCC)c(N)c1C(=O)NC. The van der Waals surface area contributed by atoms with Crippen molar-refractivity contribution in [2.45, 2.75) is 26.7 Å². The average molecular weight is 299 g/mol. The molecule has 7 heteroatoms. The molecule has 0 bridgehead atoms. The molecule has 0 saturated carbocycles. The zero-order chi connectivity index (χ0) is 15.1. The number of esters is 1. The van der Waals surface area contributed by atoms with Crippen LogP contribution in [0, 0.1) is 0 Å². The second-order valence-electron chi connectivity index (χ2n) is 4.13. The third-order valence-corrected chi connectivity index (χ3v) is 3.82. The van der Waals surface area contributed by atoms with Crippen LogP contribution in [0.5, 0.6) is 0 Å². The molecule has 1 heterocycles. The second-order valence-corrected chi connectivity index (χ2v) is 5.15. The number of nitrogens with one attached hydrogen (secondary N) is 2. The van der Waals surface area contributed by atoms with E-state index in [0.717, 1.165) is 30.7 Å². The van der Waals surface area contributed by atoms with E-state index in [1.165, 1.54) is 7.05 Å². The number of unbranched alkanes of at least 4 members (excludes halogenated alkanes) is 1. The van der Waals surface area contributed by atoms with Crippen LogP contribution in [0.1, 0.15) is 46.7 Å². The van der Waals surface area contributed by atoms with Gasteiger partial charge in [0, 0.05) is 13.6 Å². The minimum atomic E-state index is -0.497. The van der Waals surface area contributed by atoms with E-state index < -0.39 is 5.97 Å². The number of thiophene rings is 1. The summed E-state index contributed by atoms with van der Waals surface area (Å²) in [6.45, 7) is 4.79. The zero-order valence-corrected chi connectivity index (χ0v) is 12.9. The van der Waals surface area contributed by atoms with Gasteiger partial charge in [-0.3, -0.25) is 4.79 Å². The Morgan fingerprint density at radius 3 is 2.60 bits per heavy atom. The predicted molar refractivity (Wildman–Crippen MR) is 81.5 cm³/mol. The maximum atomic E-state index is 11.9. The molecule has 0 fully saturated rings. The first-order chi connectivity index (χ1) is 9.56. The molecule has 0 aliphatic rings. The number of nitrogen functional groups attached to an aromatic ring is 1. The van der Waals surface area contributed by atoms with Crippen molar-refractivity contribution >= 4 is 33.9 Å². The lowest BCUT2D eigenvalue weighted by molar-refractivity contribution is 0.0533. The summed E-state index contributed by atoms with van der Waals surface area (Å²) in [5, 5.41) is 6.30. The van der Waals surface area contributed by atoms with Gasteiger partial charge in [0.05, 0.1) is 17.9 Å². The van der Waals surface area contributed by atoms with E-state index in [9.17, 15) is 9.59 Å². The van der Waals surface area contributed by atoms with Gasteiger partial charge in [-0.1, -0.05) is 13.3 Å². The Balaban J connectivity index is 3.10. The van der Waals surface area contributed by atoms with E-state index in [2.05, 4.69) is 17.6 Å². The highest BCUT2D eigenvalue weighted by Gasteiger charge is 2.25. The van der Waals surface area contributed by atoms with Crippen LogP contribution in [0.15, 0.2) is 0 Å². The second kappa shape index (κ2) is 7.74. The first-order valence-electron chi connectivity index (χ1n) is 6.62. The Morgan fingerprint density at radius 1 is 1.35 bits per heavy atom. The molecule has 1 amide bonds. The largest absolute Gasteiger partial charge is 0.462 e.